The van der Waals surface area contributed by atoms with Gasteiger partial charge in [-0.3, -0.25) is 4.79 Å². The number of amides is 1. The van der Waals surface area contributed by atoms with Crippen molar-refractivity contribution in [2.24, 2.45) is 0 Å². The van der Waals surface area contributed by atoms with Crippen LogP contribution in [-0.2, 0) is 16.0 Å². The smallest absolute Gasteiger partial charge is 0.245 e. The van der Waals surface area contributed by atoms with Gasteiger partial charge in [-0.1, -0.05) is 29.8 Å². The fourth-order valence-corrected chi connectivity index (χ4v) is 3.46. The molecular weight excluding hydrogens is 310 g/mol. The Morgan fingerprint density at radius 2 is 2.17 bits per heavy atom. The van der Waals surface area contributed by atoms with E-state index in [0.29, 0.717) is 24.9 Å². The number of thiazole rings is 1. The molecule has 0 radical (unpaired) electrons. The number of morpholine rings is 1. The highest BCUT2D eigenvalue weighted by atomic mass is 32.1. The van der Waals surface area contributed by atoms with E-state index in [1.165, 1.54) is 27.3 Å². The lowest BCUT2D eigenvalue weighted by molar-refractivity contribution is -0.120. The predicted octanol–water partition coefficient (Wildman–Crippen LogP) is 2.28. The summed E-state index contributed by atoms with van der Waals surface area (Å²) in [5.74, 6) is -0.0830. The van der Waals surface area contributed by atoms with Crippen LogP contribution in [0.5, 0.6) is 0 Å². The Balaban J connectivity index is 1.65. The Labute approximate surface area is 140 Å². The van der Waals surface area contributed by atoms with Gasteiger partial charge in [0.1, 0.15) is 6.04 Å². The van der Waals surface area contributed by atoms with Gasteiger partial charge in [0.05, 0.1) is 18.9 Å². The van der Waals surface area contributed by atoms with Gasteiger partial charge in [-0.25, -0.2) is 4.98 Å². The van der Waals surface area contributed by atoms with Crippen molar-refractivity contribution in [2.45, 2.75) is 26.3 Å². The van der Waals surface area contributed by atoms with Crippen molar-refractivity contribution in [3.8, 4) is 0 Å². The number of hydrogen-bond donors (Lipinski definition) is 2. The minimum absolute atomic E-state index is 0.0830. The topological polar surface area (TPSA) is 63.2 Å². The largest absolute Gasteiger partial charge is 0.378 e. The number of carbonyl (C=O) groups is 1. The number of benzene rings is 1. The molecule has 0 saturated carbocycles. The van der Waals surface area contributed by atoms with Gasteiger partial charge < -0.3 is 15.4 Å². The fraction of sp³-hybridized carbons (Fsp3) is 0.412. The van der Waals surface area contributed by atoms with E-state index in [2.05, 4.69) is 46.8 Å². The zero-order valence-corrected chi connectivity index (χ0v) is 14.2. The van der Waals surface area contributed by atoms with Crippen LogP contribution in [0.4, 0.5) is 5.13 Å². The molecule has 1 amide bonds. The van der Waals surface area contributed by atoms with Crippen LogP contribution in [0.3, 0.4) is 0 Å². The molecule has 6 heteroatoms. The van der Waals surface area contributed by atoms with E-state index in [0.717, 1.165) is 12.1 Å². The third-order valence-electron chi connectivity index (χ3n) is 3.85. The molecule has 1 aromatic carbocycles. The zero-order valence-electron chi connectivity index (χ0n) is 13.4. The predicted molar refractivity (Wildman–Crippen MR) is 92.1 cm³/mol. The number of aromatic nitrogens is 1. The first-order valence-electron chi connectivity index (χ1n) is 7.75. The molecule has 2 heterocycles. The first-order valence-corrected chi connectivity index (χ1v) is 8.57. The molecule has 1 fully saturated rings. The van der Waals surface area contributed by atoms with Crippen LogP contribution in [0.25, 0.3) is 0 Å². The summed E-state index contributed by atoms with van der Waals surface area (Å²) in [5.41, 5.74) is 3.48. The van der Waals surface area contributed by atoms with Crippen molar-refractivity contribution in [1.82, 2.24) is 10.3 Å². The van der Waals surface area contributed by atoms with Crippen molar-refractivity contribution in [3.05, 3.63) is 46.0 Å². The van der Waals surface area contributed by atoms with Crippen molar-refractivity contribution in [1.29, 1.82) is 0 Å². The second-order valence-electron chi connectivity index (χ2n) is 5.76. The first-order chi connectivity index (χ1) is 11.1. The van der Waals surface area contributed by atoms with Crippen LogP contribution >= 0.6 is 11.3 Å². The van der Waals surface area contributed by atoms with Crippen molar-refractivity contribution in [2.75, 3.05) is 25.1 Å². The molecule has 5 nitrogen and oxygen atoms in total. The van der Waals surface area contributed by atoms with Crippen LogP contribution in [0.2, 0.25) is 0 Å². The number of nitrogens with zero attached hydrogens (tertiary/aromatic N) is 1. The highest BCUT2D eigenvalue weighted by Gasteiger charge is 2.22. The van der Waals surface area contributed by atoms with Crippen LogP contribution in [-0.4, -0.2) is 36.7 Å². The molecule has 23 heavy (non-hydrogen) atoms. The molecule has 2 aromatic rings. The van der Waals surface area contributed by atoms with Crippen molar-refractivity contribution < 1.29 is 9.53 Å². The number of anilines is 1. The maximum absolute atomic E-state index is 12.2. The number of carbonyl (C=O) groups excluding carboxylic acids is 1. The number of rotatable bonds is 4. The van der Waals surface area contributed by atoms with E-state index in [1.54, 1.807) is 0 Å². The van der Waals surface area contributed by atoms with Crippen LogP contribution < -0.4 is 10.6 Å². The van der Waals surface area contributed by atoms with Gasteiger partial charge in [-0.05, 0) is 19.4 Å². The molecule has 1 saturated heterocycles. The van der Waals surface area contributed by atoms with E-state index in [9.17, 15) is 4.79 Å². The Bertz CT molecular complexity index is 676. The summed E-state index contributed by atoms with van der Waals surface area (Å²) in [6, 6.07) is 8.20. The normalized spacial score (nSPS) is 17.9. The van der Waals surface area contributed by atoms with Gasteiger partial charge >= 0.3 is 0 Å². The van der Waals surface area contributed by atoms with Crippen LogP contribution in [0.1, 0.15) is 21.7 Å². The highest BCUT2D eigenvalue weighted by molar-refractivity contribution is 7.15. The van der Waals surface area contributed by atoms with E-state index in [-0.39, 0.29) is 11.9 Å². The number of hydrogen-bond acceptors (Lipinski definition) is 5. The first kappa shape index (κ1) is 16.1. The summed E-state index contributed by atoms with van der Waals surface area (Å²) in [4.78, 5) is 17.9. The van der Waals surface area contributed by atoms with Gasteiger partial charge in [-0.15, -0.1) is 11.3 Å². The summed E-state index contributed by atoms with van der Waals surface area (Å²) in [5, 5.41) is 6.69. The average Bonchev–Trinajstić information content (AvgIpc) is 2.90. The highest BCUT2D eigenvalue weighted by Crippen LogP contribution is 2.25. The van der Waals surface area contributed by atoms with E-state index < -0.39 is 0 Å². The second kappa shape index (κ2) is 7.21. The number of aryl methyl sites for hydroxylation is 2. The Kier molecular flexibility index (Phi) is 5.05. The quantitative estimate of drug-likeness (QED) is 0.902. The molecule has 1 unspecified atom stereocenters. The monoisotopic (exact) mass is 331 g/mol. The summed E-state index contributed by atoms with van der Waals surface area (Å²) in [7, 11) is 0. The molecule has 122 valence electrons. The number of nitrogens with one attached hydrogen (secondary N) is 2. The molecule has 1 aromatic heterocycles. The Morgan fingerprint density at radius 3 is 2.87 bits per heavy atom. The molecule has 2 N–H and O–H groups in total. The van der Waals surface area contributed by atoms with E-state index >= 15 is 0 Å². The third kappa shape index (κ3) is 4.16. The van der Waals surface area contributed by atoms with Gasteiger partial charge in [-0.2, -0.15) is 0 Å². The maximum atomic E-state index is 12.2. The van der Waals surface area contributed by atoms with Crippen molar-refractivity contribution in [3.63, 3.8) is 0 Å². The van der Waals surface area contributed by atoms with Gasteiger partial charge in [0.15, 0.2) is 5.13 Å². The summed E-state index contributed by atoms with van der Waals surface area (Å²) in [6.45, 7) is 5.83. The lowest BCUT2D eigenvalue weighted by Gasteiger charge is -2.22. The lowest BCUT2D eigenvalue weighted by atomic mass is 10.1. The Morgan fingerprint density at radius 1 is 1.39 bits per heavy atom. The van der Waals surface area contributed by atoms with Crippen LogP contribution in [0.15, 0.2) is 24.3 Å². The molecular formula is C17H21N3O2S. The Hall–Kier alpha value is -1.76. The van der Waals surface area contributed by atoms with Gasteiger partial charge in [0, 0.05) is 17.8 Å². The number of ether oxygens (including phenoxy) is 1. The molecule has 0 bridgehead atoms. The minimum atomic E-state index is -0.298. The molecule has 1 aliphatic heterocycles. The minimum Gasteiger partial charge on any atom is -0.378 e. The summed E-state index contributed by atoms with van der Waals surface area (Å²) < 4.78 is 5.32. The molecule has 0 spiro atoms. The van der Waals surface area contributed by atoms with Crippen molar-refractivity contribution >= 4 is 22.4 Å². The maximum Gasteiger partial charge on any atom is 0.245 e. The van der Waals surface area contributed by atoms with Crippen LogP contribution in [0, 0.1) is 13.8 Å². The molecule has 3 rings (SSSR count). The third-order valence-corrected chi connectivity index (χ3v) is 4.92. The average molecular weight is 331 g/mol. The fourth-order valence-electron chi connectivity index (χ4n) is 2.46. The SMILES string of the molecule is Cc1ccc(Cc2sc(NC(=O)C3COCCN3)nc2C)cc1. The lowest BCUT2D eigenvalue weighted by Crippen LogP contribution is -2.48. The van der Waals surface area contributed by atoms with Gasteiger partial charge in [0.2, 0.25) is 5.91 Å². The zero-order chi connectivity index (χ0) is 16.2. The second-order valence-corrected chi connectivity index (χ2v) is 6.84. The molecule has 1 aliphatic rings. The molecule has 0 aliphatic carbocycles. The standard InChI is InChI=1S/C17H21N3O2S/c1-11-3-5-13(6-4-11)9-15-12(2)19-17(23-15)20-16(21)14-10-22-8-7-18-14/h3-6,14,18H,7-10H2,1-2H3,(H,19,20,21). The van der Waals surface area contributed by atoms with E-state index in [1.807, 2.05) is 6.92 Å². The van der Waals surface area contributed by atoms with E-state index in [4.69, 9.17) is 4.74 Å². The summed E-state index contributed by atoms with van der Waals surface area (Å²) in [6.07, 6.45) is 0.838. The summed E-state index contributed by atoms with van der Waals surface area (Å²) >= 11 is 1.54. The molecule has 1 atom stereocenters. The van der Waals surface area contributed by atoms with Gasteiger partial charge in [0.25, 0.3) is 0 Å².